The average Bonchev–Trinajstić information content (AvgIpc) is 3.32. The number of nitrogens with zero attached hydrogens (tertiary/aromatic N) is 7. The van der Waals surface area contributed by atoms with Crippen molar-refractivity contribution < 1.29 is 22.6 Å². The Labute approximate surface area is 197 Å². The highest BCUT2D eigenvalue weighted by molar-refractivity contribution is 5.88. The fourth-order valence-corrected chi connectivity index (χ4v) is 4.40. The summed E-state index contributed by atoms with van der Waals surface area (Å²) in [5.41, 5.74) is 1.63. The van der Waals surface area contributed by atoms with Crippen LogP contribution in [-0.4, -0.2) is 49.6 Å². The number of anilines is 1. The highest BCUT2D eigenvalue weighted by atomic mass is 19.4. The van der Waals surface area contributed by atoms with Crippen LogP contribution in [-0.2, 0) is 0 Å². The van der Waals surface area contributed by atoms with Crippen molar-refractivity contribution in [1.82, 2.24) is 24.6 Å². The Morgan fingerprint density at radius 3 is 2.60 bits per heavy atom. The summed E-state index contributed by atoms with van der Waals surface area (Å²) in [5, 5.41) is 17.4. The number of hydrogen-bond donors (Lipinski definition) is 0. The molecule has 5 rings (SSSR count). The van der Waals surface area contributed by atoms with E-state index in [2.05, 4.69) is 37.8 Å². The Balaban J connectivity index is 1.38. The minimum atomic E-state index is -4.74. The van der Waals surface area contributed by atoms with Crippen molar-refractivity contribution in [3.63, 3.8) is 0 Å². The summed E-state index contributed by atoms with van der Waals surface area (Å²) in [7, 11) is 0. The molecule has 0 radical (unpaired) electrons. The second-order valence-corrected chi connectivity index (χ2v) is 8.15. The molecule has 180 valence electrons. The maximum atomic E-state index is 12.4. The predicted molar refractivity (Wildman–Crippen MR) is 119 cm³/mol. The van der Waals surface area contributed by atoms with E-state index in [9.17, 15) is 18.4 Å². The first-order valence-corrected chi connectivity index (χ1v) is 11.0. The van der Waals surface area contributed by atoms with Gasteiger partial charge in [0.25, 0.3) is 5.78 Å². The highest BCUT2D eigenvalue weighted by Gasteiger charge is 2.32. The Morgan fingerprint density at radius 1 is 1.11 bits per heavy atom. The van der Waals surface area contributed by atoms with E-state index in [1.807, 2.05) is 6.07 Å². The standard InChI is InChI=1S/C23H20F3N7O2/c1-2-15-11-18(34-16-4-6-17(7-5-16)35-23(24,25)26)9-10-32(15)21-20-19(8-3-14(12-27)29-20)33-13-28-31-22(33)30-21/h3-8,13,15,18H,2,9-11H2,1H3. The highest BCUT2D eigenvalue weighted by Crippen LogP contribution is 2.33. The lowest BCUT2D eigenvalue weighted by atomic mass is 9.97. The molecule has 0 bridgehead atoms. The summed E-state index contributed by atoms with van der Waals surface area (Å²) >= 11 is 0. The topological polar surface area (TPSA) is 101 Å². The van der Waals surface area contributed by atoms with Crippen LogP contribution in [0.1, 0.15) is 31.9 Å². The molecule has 12 heteroatoms. The van der Waals surface area contributed by atoms with Crippen molar-refractivity contribution in [2.45, 2.75) is 44.7 Å². The van der Waals surface area contributed by atoms with Crippen LogP contribution in [0.15, 0.2) is 42.7 Å². The van der Waals surface area contributed by atoms with E-state index in [4.69, 9.17) is 9.72 Å². The zero-order valence-corrected chi connectivity index (χ0v) is 18.6. The van der Waals surface area contributed by atoms with Gasteiger partial charge in [0, 0.05) is 25.4 Å². The van der Waals surface area contributed by atoms with Gasteiger partial charge in [-0.25, -0.2) is 4.98 Å². The number of nitriles is 1. The molecule has 0 amide bonds. The monoisotopic (exact) mass is 483 g/mol. The molecule has 9 nitrogen and oxygen atoms in total. The number of piperidine rings is 1. The number of benzene rings is 1. The van der Waals surface area contributed by atoms with Crippen molar-refractivity contribution in [2.75, 3.05) is 11.4 Å². The molecule has 1 fully saturated rings. The van der Waals surface area contributed by atoms with Crippen LogP contribution in [0.4, 0.5) is 19.0 Å². The Morgan fingerprint density at radius 2 is 1.89 bits per heavy atom. The van der Waals surface area contributed by atoms with Crippen LogP contribution in [0.5, 0.6) is 11.5 Å². The number of ether oxygens (including phenoxy) is 2. The molecular formula is C23H20F3N7O2. The van der Waals surface area contributed by atoms with Crippen LogP contribution in [0.25, 0.3) is 16.8 Å². The summed E-state index contributed by atoms with van der Waals surface area (Å²) in [6.45, 7) is 2.68. The minimum absolute atomic E-state index is 0.0650. The third-order valence-electron chi connectivity index (χ3n) is 5.97. The van der Waals surface area contributed by atoms with Crippen LogP contribution in [0, 0.1) is 11.3 Å². The number of hydrogen-bond acceptors (Lipinski definition) is 8. The number of pyridine rings is 1. The summed E-state index contributed by atoms with van der Waals surface area (Å²) < 4.78 is 48.9. The lowest BCUT2D eigenvalue weighted by Gasteiger charge is -2.40. The fourth-order valence-electron chi connectivity index (χ4n) is 4.40. The van der Waals surface area contributed by atoms with Gasteiger partial charge in [-0.05, 0) is 42.8 Å². The van der Waals surface area contributed by atoms with Gasteiger partial charge in [0.1, 0.15) is 41.2 Å². The lowest BCUT2D eigenvalue weighted by Crippen LogP contribution is -2.46. The van der Waals surface area contributed by atoms with Crippen molar-refractivity contribution in [3.05, 3.63) is 48.4 Å². The van der Waals surface area contributed by atoms with Crippen LogP contribution >= 0.6 is 0 Å². The summed E-state index contributed by atoms with van der Waals surface area (Å²) in [5.74, 6) is 1.25. The van der Waals surface area contributed by atoms with E-state index in [0.717, 1.165) is 11.9 Å². The van der Waals surface area contributed by atoms with Gasteiger partial charge in [0.2, 0.25) is 0 Å². The molecule has 2 atom stereocenters. The second kappa shape index (κ2) is 8.90. The van der Waals surface area contributed by atoms with Crippen molar-refractivity contribution in [1.29, 1.82) is 5.26 Å². The molecule has 1 aliphatic heterocycles. The molecular weight excluding hydrogens is 463 g/mol. The molecule has 0 aliphatic carbocycles. The quantitative estimate of drug-likeness (QED) is 0.415. The van der Waals surface area contributed by atoms with Crippen LogP contribution in [0.3, 0.4) is 0 Å². The van der Waals surface area contributed by atoms with E-state index in [0.29, 0.717) is 42.2 Å². The first kappa shape index (κ1) is 22.6. The number of halogens is 3. The van der Waals surface area contributed by atoms with Gasteiger partial charge in [0.05, 0.1) is 5.52 Å². The van der Waals surface area contributed by atoms with E-state index >= 15 is 0 Å². The minimum Gasteiger partial charge on any atom is -0.490 e. The maximum Gasteiger partial charge on any atom is 0.573 e. The number of aromatic nitrogens is 5. The van der Waals surface area contributed by atoms with Gasteiger partial charge in [-0.15, -0.1) is 23.4 Å². The Bertz CT molecular complexity index is 1400. The van der Waals surface area contributed by atoms with Crippen LogP contribution in [0.2, 0.25) is 0 Å². The number of alkyl halides is 3. The third-order valence-corrected chi connectivity index (χ3v) is 5.97. The molecule has 35 heavy (non-hydrogen) atoms. The van der Waals surface area contributed by atoms with Gasteiger partial charge < -0.3 is 14.4 Å². The predicted octanol–water partition coefficient (Wildman–Crippen LogP) is 4.27. The van der Waals surface area contributed by atoms with Gasteiger partial charge in [-0.3, -0.25) is 4.40 Å². The van der Waals surface area contributed by atoms with Crippen LogP contribution < -0.4 is 14.4 Å². The first-order chi connectivity index (χ1) is 16.8. The normalized spacial score (nSPS) is 18.5. The van der Waals surface area contributed by atoms with Gasteiger partial charge in [-0.2, -0.15) is 10.2 Å². The summed E-state index contributed by atoms with van der Waals surface area (Å²) in [6.07, 6.45) is -1.16. The molecule has 1 saturated heterocycles. The third kappa shape index (κ3) is 4.62. The van der Waals surface area contributed by atoms with E-state index < -0.39 is 6.36 Å². The smallest absolute Gasteiger partial charge is 0.490 e. The fraction of sp³-hybridized carbons (Fsp3) is 0.348. The average molecular weight is 483 g/mol. The first-order valence-electron chi connectivity index (χ1n) is 11.0. The molecule has 0 saturated carbocycles. The van der Waals surface area contributed by atoms with Crippen molar-refractivity contribution in [3.8, 4) is 17.6 Å². The van der Waals surface area contributed by atoms with E-state index in [-0.39, 0.29) is 23.6 Å². The molecule has 4 heterocycles. The second-order valence-electron chi connectivity index (χ2n) is 8.15. The van der Waals surface area contributed by atoms with E-state index in [1.165, 1.54) is 24.3 Å². The van der Waals surface area contributed by atoms with Gasteiger partial charge in [-0.1, -0.05) is 6.92 Å². The number of fused-ring (bicyclic) bond motifs is 3. The molecule has 0 spiro atoms. The molecule has 2 unspecified atom stereocenters. The maximum absolute atomic E-state index is 12.4. The molecule has 0 N–H and O–H groups in total. The molecule has 4 aromatic rings. The van der Waals surface area contributed by atoms with Gasteiger partial charge in [0.15, 0.2) is 5.82 Å². The summed E-state index contributed by atoms with van der Waals surface area (Å²) in [6, 6.07) is 11.0. The van der Waals surface area contributed by atoms with E-state index in [1.54, 1.807) is 16.8 Å². The SMILES string of the molecule is CCC1CC(Oc2ccc(OC(F)(F)F)cc2)CCN1c1nc2nncn2c2ccc(C#N)nc12. The van der Waals surface area contributed by atoms with Crippen molar-refractivity contribution >= 4 is 22.6 Å². The molecule has 1 aliphatic rings. The zero-order chi connectivity index (χ0) is 24.6. The van der Waals surface area contributed by atoms with Gasteiger partial charge >= 0.3 is 6.36 Å². The molecule has 3 aromatic heterocycles. The zero-order valence-electron chi connectivity index (χ0n) is 18.6. The number of rotatable bonds is 5. The molecule has 1 aromatic carbocycles. The Hall–Kier alpha value is -4.14. The lowest BCUT2D eigenvalue weighted by molar-refractivity contribution is -0.274. The summed E-state index contributed by atoms with van der Waals surface area (Å²) in [4.78, 5) is 11.4. The Kier molecular flexibility index (Phi) is 5.76. The largest absolute Gasteiger partial charge is 0.573 e. The van der Waals surface area contributed by atoms with Crippen molar-refractivity contribution in [2.24, 2.45) is 0 Å².